The molecule has 0 saturated carbocycles. The number of anilines is 1. The van der Waals surface area contributed by atoms with E-state index in [0.29, 0.717) is 17.9 Å². The highest BCUT2D eigenvalue weighted by atomic mass is 16.1. The number of hydrogen-bond acceptors (Lipinski definition) is 5. The van der Waals surface area contributed by atoms with Gasteiger partial charge in [-0.15, -0.1) is 10.2 Å². The van der Waals surface area contributed by atoms with E-state index in [-0.39, 0.29) is 0 Å². The Balaban J connectivity index is 2.13. The number of carbonyl (C=O) groups excluding carboxylic acids is 1. The van der Waals surface area contributed by atoms with Crippen molar-refractivity contribution in [1.82, 2.24) is 19.7 Å². The summed E-state index contributed by atoms with van der Waals surface area (Å²) in [6.45, 7) is 3.22. The summed E-state index contributed by atoms with van der Waals surface area (Å²) < 4.78 is 1.90. The number of nitrogens with zero attached hydrogens (tertiary/aromatic N) is 4. The van der Waals surface area contributed by atoms with Gasteiger partial charge in [0.05, 0.1) is 12.1 Å². The lowest BCUT2D eigenvalue weighted by Crippen LogP contribution is -2.16. The number of aryl methyl sites for hydroxylation is 1. The number of nitrogens with two attached hydrogens (primary N) is 1. The van der Waals surface area contributed by atoms with E-state index in [1.807, 2.05) is 11.5 Å². The lowest BCUT2D eigenvalue weighted by atomic mass is 10.2. The lowest BCUT2D eigenvalue weighted by molar-refractivity contribution is 0.100. The van der Waals surface area contributed by atoms with Crippen LogP contribution in [0, 0.1) is 0 Å². The molecule has 2 aromatic heterocycles. The molecule has 0 spiro atoms. The van der Waals surface area contributed by atoms with E-state index in [1.54, 1.807) is 24.7 Å². The van der Waals surface area contributed by atoms with Gasteiger partial charge in [0.1, 0.15) is 12.1 Å². The Kier molecular flexibility index (Phi) is 3.52. The van der Waals surface area contributed by atoms with Crippen molar-refractivity contribution >= 4 is 11.7 Å². The third-order valence-electron chi connectivity index (χ3n) is 2.52. The fourth-order valence-corrected chi connectivity index (χ4v) is 1.59. The van der Waals surface area contributed by atoms with Crippen molar-refractivity contribution in [2.75, 3.05) is 5.32 Å². The minimum Gasteiger partial charge on any atom is -0.365 e. The van der Waals surface area contributed by atoms with Gasteiger partial charge in [0.15, 0.2) is 5.82 Å². The first kappa shape index (κ1) is 12.0. The van der Waals surface area contributed by atoms with Gasteiger partial charge in [-0.05, 0) is 19.1 Å². The van der Waals surface area contributed by atoms with Gasteiger partial charge in [0, 0.05) is 12.7 Å². The van der Waals surface area contributed by atoms with Crippen LogP contribution in [-0.4, -0.2) is 25.7 Å². The van der Waals surface area contributed by atoms with E-state index in [1.165, 1.54) is 0 Å². The van der Waals surface area contributed by atoms with Gasteiger partial charge in [-0.2, -0.15) is 0 Å². The van der Waals surface area contributed by atoms with Crippen molar-refractivity contribution in [3.8, 4) is 0 Å². The molecule has 7 heteroatoms. The number of amides is 1. The Morgan fingerprint density at radius 3 is 3.11 bits per heavy atom. The van der Waals surface area contributed by atoms with Crippen LogP contribution >= 0.6 is 0 Å². The van der Waals surface area contributed by atoms with Gasteiger partial charge in [0.25, 0.3) is 5.91 Å². The molecule has 0 aliphatic heterocycles. The van der Waals surface area contributed by atoms with E-state index >= 15 is 0 Å². The molecule has 3 N–H and O–H groups in total. The average Bonchev–Trinajstić information content (AvgIpc) is 2.84. The van der Waals surface area contributed by atoms with Crippen molar-refractivity contribution in [3.63, 3.8) is 0 Å². The van der Waals surface area contributed by atoms with Crippen molar-refractivity contribution in [1.29, 1.82) is 0 Å². The van der Waals surface area contributed by atoms with Gasteiger partial charge >= 0.3 is 0 Å². The Bertz CT molecular complexity index is 550. The summed E-state index contributed by atoms with van der Waals surface area (Å²) in [6, 6.07) is 3.29. The lowest BCUT2D eigenvalue weighted by Gasteiger charge is -2.08. The molecule has 0 aliphatic rings. The summed E-state index contributed by atoms with van der Waals surface area (Å²) in [5, 5.41) is 10.8. The van der Waals surface area contributed by atoms with E-state index in [4.69, 9.17) is 5.73 Å². The number of rotatable bonds is 5. The molecule has 2 heterocycles. The summed E-state index contributed by atoms with van der Waals surface area (Å²) in [5.41, 5.74) is 5.63. The molecule has 1 amide bonds. The van der Waals surface area contributed by atoms with Crippen LogP contribution in [-0.2, 0) is 13.1 Å². The Morgan fingerprint density at radius 2 is 2.39 bits per heavy atom. The first-order valence-corrected chi connectivity index (χ1v) is 5.57. The molecule has 18 heavy (non-hydrogen) atoms. The fraction of sp³-hybridized carbons (Fsp3) is 0.273. The second-order valence-electron chi connectivity index (χ2n) is 3.65. The summed E-state index contributed by atoms with van der Waals surface area (Å²) in [4.78, 5) is 15.3. The molecular weight excluding hydrogens is 232 g/mol. The van der Waals surface area contributed by atoms with Crippen LogP contribution in [0.1, 0.15) is 23.1 Å². The molecule has 0 aliphatic carbocycles. The van der Waals surface area contributed by atoms with Gasteiger partial charge in [-0.1, -0.05) is 0 Å². The number of hydrogen-bond donors (Lipinski definition) is 2. The van der Waals surface area contributed by atoms with Gasteiger partial charge in [-0.3, -0.25) is 4.79 Å². The zero-order valence-electron chi connectivity index (χ0n) is 10.00. The van der Waals surface area contributed by atoms with Crippen LogP contribution in [0.25, 0.3) is 0 Å². The first-order valence-electron chi connectivity index (χ1n) is 5.57. The predicted octanol–water partition coefficient (Wildman–Crippen LogP) is 0.404. The normalized spacial score (nSPS) is 10.3. The molecule has 0 atom stereocenters. The average molecular weight is 246 g/mol. The van der Waals surface area contributed by atoms with Crippen molar-refractivity contribution in [2.45, 2.75) is 20.0 Å². The SMILES string of the molecule is CCn1cnnc1CNc1ncccc1C(N)=O. The largest absolute Gasteiger partial charge is 0.365 e. The molecule has 0 bridgehead atoms. The molecule has 0 unspecified atom stereocenters. The second-order valence-corrected chi connectivity index (χ2v) is 3.65. The monoisotopic (exact) mass is 246 g/mol. The minimum atomic E-state index is -0.512. The number of aromatic nitrogens is 4. The zero-order chi connectivity index (χ0) is 13.0. The number of carbonyl (C=O) groups is 1. The van der Waals surface area contributed by atoms with Crippen LogP contribution in [0.5, 0.6) is 0 Å². The fourth-order valence-electron chi connectivity index (χ4n) is 1.59. The van der Waals surface area contributed by atoms with Crippen LogP contribution in [0.4, 0.5) is 5.82 Å². The Morgan fingerprint density at radius 1 is 1.56 bits per heavy atom. The highest BCUT2D eigenvalue weighted by molar-refractivity contribution is 5.97. The van der Waals surface area contributed by atoms with E-state index in [0.717, 1.165) is 12.4 Å². The minimum absolute atomic E-state index is 0.361. The molecule has 2 aromatic rings. The van der Waals surface area contributed by atoms with Gasteiger partial charge in [-0.25, -0.2) is 4.98 Å². The molecule has 0 radical (unpaired) electrons. The smallest absolute Gasteiger partial charge is 0.252 e. The van der Waals surface area contributed by atoms with E-state index < -0.39 is 5.91 Å². The third kappa shape index (κ3) is 2.45. The molecule has 7 nitrogen and oxygen atoms in total. The number of nitrogens with one attached hydrogen (secondary N) is 1. The Hall–Kier alpha value is -2.44. The van der Waals surface area contributed by atoms with E-state index in [9.17, 15) is 4.79 Å². The van der Waals surface area contributed by atoms with Crippen LogP contribution in [0.15, 0.2) is 24.7 Å². The maximum Gasteiger partial charge on any atom is 0.252 e. The van der Waals surface area contributed by atoms with Crippen LogP contribution in [0.3, 0.4) is 0 Å². The third-order valence-corrected chi connectivity index (χ3v) is 2.52. The van der Waals surface area contributed by atoms with Gasteiger partial charge < -0.3 is 15.6 Å². The number of pyridine rings is 1. The number of primary amides is 1. The Labute approximate surface area is 104 Å². The standard InChI is InChI=1S/C11H14N6O/c1-2-17-7-15-16-9(17)6-14-11-8(10(12)18)4-3-5-13-11/h3-5,7H,2,6H2,1H3,(H2,12,18)(H,13,14). The topological polar surface area (TPSA) is 98.7 Å². The van der Waals surface area contributed by atoms with Crippen LogP contribution < -0.4 is 11.1 Å². The highest BCUT2D eigenvalue weighted by Crippen LogP contribution is 2.11. The first-order chi connectivity index (χ1) is 8.72. The molecule has 0 saturated heterocycles. The second kappa shape index (κ2) is 5.26. The maximum atomic E-state index is 11.2. The summed E-state index contributed by atoms with van der Waals surface area (Å²) in [6.07, 6.45) is 3.25. The van der Waals surface area contributed by atoms with Gasteiger partial charge in [0.2, 0.25) is 0 Å². The van der Waals surface area contributed by atoms with Crippen LogP contribution in [0.2, 0.25) is 0 Å². The molecular formula is C11H14N6O. The van der Waals surface area contributed by atoms with Crippen molar-refractivity contribution in [2.24, 2.45) is 5.73 Å². The summed E-state index contributed by atoms with van der Waals surface area (Å²) >= 11 is 0. The maximum absolute atomic E-state index is 11.2. The molecule has 2 rings (SSSR count). The quantitative estimate of drug-likeness (QED) is 0.795. The van der Waals surface area contributed by atoms with Crippen molar-refractivity contribution < 1.29 is 4.79 Å². The molecule has 94 valence electrons. The summed E-state index contributed by atoms with van der Waals surface area (Å²) in [5.74, 6) is 0.719. The van der Waals surface area contributed by atoms with Crippen molar-refractivity contribution in [3.05, 3.63) is 36.0 Å². The highest BCUT2D eigenvalue weighted by Gasteiger charge is 2.09. The zero-order valence-corrected chi connectivity index (χ0v) is 10.00. The summed E-state index contributed by atoms with van der Waals surface area (Å²) in [7, 11) is 0. The molecule has 0 fully saturated rings. The van der Waals surface area contributed by atoms with E-state index in [2.05, 4.69) is 20.5 Å². The molecule has 0 aromatic carbocycles. The predicted molar refractivity (Wildman–Crippen MR) is 65.8 cm³/mol.